The quantitative estimate of drug-likeness (QED) is 0.915. The number of nitrogens with zero attached hydrogens (tertiary/aromatic N) is 2. The fraction of sp³-hybridized carbons (Fsp3) is 0.125. The summed E-state index contributed by atoms with van der Waals surface area (Å²) in [4.78, 5) is 14.2. The fourth-order valence-corrected chi connectivity index (χ4v) is 1.30. The van der Waals surface area contributed by atoms with Crippen LogP contribution in [0.5, 0.6) is 0 Å². The second-order valence-corrected chi connectivity index (χ2v) is 3.47. The van der Waals surface area contributed by atoms with Gasteiger partial charge in [-0.2, -0.15) is 4.98 Å². The zero-order valence-electron chi connectivity index (χ0n) is 7.31. The lowest BCUT2D eigenvalue weighted by molar-refractivity contribution is -0.136. The van der Waals surface area contributed by atoms with Crippen LogP contribution in [0, 0.1) is 0 Å². The first-order valence-corrected chi connectivity index (χ1v) is 4.74. The molecule has 2 rings (SSSR count). The van der Waals surface area contributed by atoms with Crippen molar-refractivity contribution in [3.63, 3.8) is 0 Å². The van der Waals surface area contributed by atoms with Crippen LogP contribution in [0.4, 0.5) is 0 Å². The van der Waals surface area contributed by atoms with Gasteiger partial charge in [-0.3, -0.25) is 4.79 Å². The molecule has 7 heteroatoms. The van der Waals surface area contributed by atoms with Gasteiger partial charge >= 0.3 is 5.97 Å². The molecule has 0 fully saturated rings. The molecule has 0 saturated carbocycles. The second kappa shape index (κ2) is 3.85. The van der Waals surface area contributed by atoms with E-state index in [4.69, 9.17) is 14.0 Å². The molecule has 0 spiro atoms. The maximum Gasteiger partial charge on any atom is 0.311 e. The number of rotatable bonds is 3. The molecule has 0 bridgehead atoms. The Morgan fingerprint density at radius 2 is 2.33 bits per heavy atom. The first-order chi connectivity index (χ1) is 7.15. The fourth-order valence-electron chi connectivity index (χ4n) is 0.990. The molecule has 6 nitrogen and oxygen atoms in total. The average Bonchev–Trinajstić information content (AvgIpc) is 2.72. The molecule has 0 radical (unpaired) electrons. The maximum atomic E-state index is 10.4. The highest BCUT2D eigenvalue weighted by molar-refractivity contribution is 9.10. The van der Waals surface area contributed by atoms with E-state index in [0.717, 1.165) is 0 Å². The van der Waals surface area contributed by atoms with Gasteiger partial charge in [0.2, 0.25) is 0 Å². The molecular weight excluding hydrogens is 268 g/mol. The van der Waals surface area contributed by atoms with Crippen molar-refractivity contribution in [2.75, 3.05) is 0 Å². The number of aliphatic carboxylic acids is 1. The third-order valence-corrected chi connectivity index (χ3v) is 1.99. The Balaban J connectivity index is 2.23. The van der Waals surface area contributed by atoms with E-state index in [1.54, 1.807) is 12.1 Å². The van der Waals surface area contributed by atoms with Gasteiger partial charge < -0.3 is 14.0 Å². The lowest BCUT2D eigenvalue weighted by Gasteiger charge is -1.84. The molecule has 0 aliphatic rings. The molecule has 0 aliphatic carbocycles. The molecule has 0 aromatic carbocycles. The first-order valence-electron chi connectivity index (χ1n) is 3.95. The largest absolute Gasteiger partial charge is 0.481 e. The van der Waals surface area contributed by atoms with Crippen LogP contribution in [-0.4, -0.2) is 21.2 Å². The molecule has 2 aromatic heterocycles. The summed E-state index contributed by atoms with van der Waals surface area (Å²) in [6, 6.07) is 3.32. The Morgan fingerprint density at radius 3 is 2.93 bits per heavy atom. The smallest absolute Gasteiger partial charge is 0.311 e. The van der Waals surface area contributed by atoms with Crippen molar-refractivity contribution in [1.29, 1.82) is 0 Å². The van der Waals surface area contributed by atoms with Crippen LogP contribution in [0.3, 0.4) is 0 Å². The SMILES string of the molecule is O=C(O)Cc1noc(-c2ccc(Br)o2)n1. The summed E-state index contributed by atoms with van der Waals surface area (Å²) in [7, 11) is 0. The van der Waals surface area contributed by atoms with Crippen molar-refractivity contribution >= 4 is 21.9 Å². The van der Waals surface area contributed by atoms with Crippen LogP contribution in [0.25, 0.3) is 11.7 Å². The van der Waals surface area contributed by atoms with Crippen LogP contribution in [0.15, 0.2) is 25.7 Å². The van der Waals surface area contributed by atoms with Crippen LogP contribution in [-0.2, 0) is 11.2 Å². The Kier molecular flexibility index (Phi) is 2.55. The molecule has 0 aliphatic heterocycles. The lowest BCUT2D eigenvalue weighted by atomic mass is 10.4. The van der Waals surface area contributed by atoms with Gasteiger partial charge in [0.1, 0.15) is 6.42 Å². The van der Waals surface area contributed by atoms with Crippen molar-refractivity contribution < 1.29 is 18.8 Å². The normalized spacial score (nSPS) is 10.5. The summed E-state index contributed by atoms with van der Waals surface area (Å²) in [5.41, 5.74) is 0. The number of carboxylic acid groups (broad SMARTS) is 1. The highest BCUT2D eigenvalue weighted by atomic mass is 79.9. The average molecular weight is 273 g/mol. The molecule has 0 saturated heterocycles. The van der Waals surface area contributed by atoms with Crippen LogP contribution >= 0.6 is 15.9 Å². The van der Waals surface area contributed by atoms with E-state index < -0.39 is 5.97 Å². The number of aromatic nitrogens is 2. The van der Waals surface area contributed by atoms with Gasteiger partial charge in [0.25, 0.3) is 5.89 Å². The summed E-state index contributed by atoms with van der Waals surface area (Å²) in [6.45, 7) is 0. The van der Waals surface area contributed by atoms with Gasteiger partial charge in [0, 0.05) is 0 Å². The van der Waals surface area contributed by atoms with Crippen molar-refractivity contribution in [3.05, 3.63) is 22.6 Å². The monoisotopic (exact) mass is 272 g/mol. The molecule has 2 aromatic rings. The molecule has 0 atom stereocenters. The summed E-state index contributed by atoms with van der Waals surface area (Å²) >= 11 is 3.13. The van der Waals surface area contributed by atoms with Crippen LogP contribution < -0.4 is 0 Å². The van der Waals surface area contributed by atoms with E-state index in [1.807, 2.05) is 0 Å². The van der Waals surface area contributed by atoms with Crippen molar-refractivity contribution in [1.82, 2.24) is 10.1 Å². The minimum Gasteiger partial charge on any atom is -0.481 e. The Morgan fingerprint density at radius 1 is 1.53 bits per heavy atom. The number of carboxylic acids is 1. The molecule has 0 unspecified atom stereocenters. The minimum atomic E-state index is -1.01. The van der Waals surface area contributed by atoms with Crippen molar-refractivity contribution in [2.45, 2.75) is 6.42 Å². The van der Waals surface area contributed by atoms with E-state index in [-0.39, 0.29) is 18.1 Å². The van der Waals surface area contributed by atoms with Crippen LogP contribution in [0.1, 0.15) is 5.82 Å². The zero-order valence-corrected chi connectivity index (χ0v) is 8.89. The van der Waals surface area contributed by atoms with E-state index in [9.17, 15) is 4.79 Å². The number of furan rings is 1. The predicted octanol–water partition coefficient (Wildman–Crippen LogP) is 1.72. The molecule has 1 N–H and O–H groups in total. The van der Waals surface area contributed by atoms with Gasteiger partial charge in [-0.1, -0.05) is 5.16 Å². The summed E-state index contributed by atoms with van der Waals surface area (Å²) in [5, 5.41) is 12.0. The number of halogens is 1. The Hall–Kier alpha value is -1.63. The molecule has 0 amide bonds. The number of carbonyl (C=O) groups is 1. The number of hydrogen-bond acceptors (Lipinski definition) is 5. The summed E-state index contributed by atoms with van der Waals surface area (Å²) in [5.74, 6) is -0.337. The third-order valence-electron chi connectivity index (χ3n) is 1.56. The first kappa shape index (κ1) is 9.91. The van der Waals surface area contributed by atoms with Gasteiger partial charge in [0.15, 0.2) is 16.3 Å². The molecule has 15 heavy (non-hydrogen) atoms. The summed E-state index contributed by atoms with van der Waals surface area (Å²) in [6.07, 6.45) is -0.272. The third kappa shape index (κ3) is 2.24. The maximum absolute atomic E-state index is 10.4. The van der Waals surface area contributed by atoms with Gasteiger partial charge in [-0.05, 0) is 28.1 Å². The summed E-state index contributed by atoms with van der Waals surface area (Å²) < 4.78 is 10.5. The second-order valence-electron chi connectivity index (χ2n) is 2.69. The Labute approximate surface area is 92.0 Å². The molecule has 2 heterocycles. The highest BCUT2D eigenvalue weighted by Gasteiger charge is 2.14. The van der Waals surface area contributed by atoms with Crippen molar-refractivity contribution in [3.8, 4) is 11.7 Å². The standard InChI is InChI=1S/C8H5BrN2O4/c9-5-2-1-4(14-5)8-10-6(11-15-8)3-7(12)13/h1-2H,3H2,(H,12,13). The van der Waals surface area contributed by atoms with Gasteiger partial charge in [0.05, 0.1) is 0 Å². The Bertz CT molecular complexity index is 490. The molecule has 78 valence electrons. The topological polar surface area (TPSA) is 89.4 Å². The van der Waals surface area contributed by atoms with Gasteiger partial charge in [-0.25, -0.2) is 0 Å². The van der Waals surface area contributed by atoms with E-state index in [1.165, 1.54) is 0 Å². The van der Waals surface area contributed by atoms with E-state index >= 15 is 0 Å². The van der Waals surface area contributed by atoms with Crippen LogP contribution in [0.2, 0.25) is 0 Å². The lowest BCUT2D eigenvalue weighted by Crippen LogP contribution is -2.01. The highest BCUT2D eigenvalue weighted by Crippen LogP contribution is 2.23. The molecular formula is C8H5BrN2O4. The van der Waals surface area contributed by atoms with E-state index in [2.05, 4.69) is 26.1 Å². The van der Waals surface area contributed by atoms with E-state index in [0.29, 0.717) is 10.4 Å². The number of hydrogen-bond donors (Lipinski definition) is 1. The minimum absolute atomic E-state index is 0.116. The zero-order chi connectivity index (χ0) is 10.8. The van der Waals surface area contributed by atoms with Gasteiger partial charge in [-0.15, -0.1) is 0 Å². The predicted molar refractivity (Wildman–Crippen MR) is 51.0 cm³/mol. The van der Waals surface area contributed by atoms with Crippen molar-refractivity contribution in [2.24, 2.45) is 0 Å².